The summed E-state index contributed by atoms with van der Waals surface area (Å²) in [5, 5.41) is 8.89. The lowest BCUT2D eigenvalue weighted by Gasteiger charge is -2.35. The molecule has 110 valence electrons. The maximum absolute atomic E-state index is 12.6. The van der Waals surface area contributed by atoms with Crippen molar-refractivity contribution in [3.63, 3.8) is 0 Å². The van der Waals surface area contributed by atoms with Crippen molar-refractivity contribution in [2.75, 3.05) is 13.1 Å². The van der Waals surface area contributed by atoms with E-state index in [9.17, 15) is 9.59 Å². The highest BCUT2D eigenvalue weighted by Gasteiger charge is 2.30. The van der Waals surface area contributed by atoms with Crippen molar-refractivity contribution in [2.24, 2.45) is 11.8 Å². The van der Waals surface area contributed by atoms with Crippen LogP contribution in [0.3, 0.4) is 0 Å². The Morgan fingerprint density at radius 2 is 1.95 bits per heavy atom. The number of rotatable bonds is 3. The van der Waals surface area contributed by atoms with Gasteiger partial charge in [0.25, 0.3) is 5.91 Å². The molecule has 1 N–H and O–H groups in total. The van der Waals surface area contributed by atoms with Crippen molar-refractivity contribution in [1.82, 2.24) is 4.90 Å². The number of carboxylic acids is 1. The molecule has 1 saturated heterocycles. The van der Waals surface area contributed by atoms with Gasteiger partial charge in [0.1, 0.15) is 12.2 Å². The normalized spacial score (nSPS) is 22.9. The Labute approximate surface area is 118 Å². The standard InChI is InChI=1S/C15H21NO4/c1-9-4-10(2)7-16(6-9)15(19)14-11(3)8-20-12(14)5-13(17)18/h8-10H,4-7H2,1-3H3,(H,17,18). The van der Waals surface area contributed by atoms with E-state index in [1.165, 1.54) is 6.26 Å². The van der Waals surface area contributed by atoms with Gasteiger partial charge in [-0.15, -0.1) is 0 Å². The third kappa shape index (κ3) is 3.03. The summed E-state index contributed by atoms with van der Waals surface area (Å²) in [6, 6.07) is 0. The van der Waals surface area contributed by atoms with Crippen LogP contribution in [-0.4, -0.2) is 35.0 Å². The van der Waals surface area contributed by atoms with E-state index >= 15 is 0 Å². The number of furan rings is 1. The zero-order valence-electron chi connectivity index (χ0n) is 12.2. The first kappa shape index (κ1) is 14.6. The van der Waals surface area contributed by atoms with E-state index in [1.807, 2.05) is 4.90 Å². The van der Waals surface area contributed by atoms with Gasteiger partial charge in [-0.25, -0.2) is 0 Å². The molecule has 0 aliphatic carbocycles. The first-order valence-electron chi connectivity index (χ1n) is 6.96. The molecule has 5 nitrogen and oxygen atoms in total. The highest BCUT2D eigenvalue weighted by atomic mass is 16.4. The minimum absolute atomic E-state index is 0.106. The molecule has 0 radical (unpaired) electrons. The van der Waals surface area contributed by atoms with Gasteiger partial charge in [0.15, 0.2) is 0 Å². The third-order valence-electron chi connectivity index (χ3n) is 3.73. The summed E-state index contributed by atoms with van der Waals surface area (Å²) in [7, 11) is 0. The predicted octanol–water partition coefficient (Wildman–Crippen LogP) is 2.33. The maximum Gasteiger partial charge on any atom is 0.311 e. The van der Waals surface area contributed by atoms with Crippen molar-refractivity contribution < 1.29 is 19.1 Å². The van der Waals surface area contributed by atoms with Crippen LogP contribution in [0.25, 0.3) is 0 Å². The molecule has 1 aromatic heterocycles. The summed E-state index contributed by atoms with van der Waals surface area (Å²) in [4.78, 5) is 25.3. The Hall–Kier alpha value is -1.78. The molecule has 0 saturated carbocycles. The van der Waals surface area contributed by atoms with Gasteiger partial charge in [-0.3, -0.25) is 9.59 Å². The topological polar surface area (TPSA) is 70.7 Å². The van der Waals surface area contributed by atoms with Gasteiger partial charge in [-0.05, 0) is 25.2 Å². The van der Waals surface area contributed by atoms with E-state index < -0.39 is 5.97 Å². The van der Waals surface area contributed by atoms with Gasteiger partial charge in [0.05, 0.1) is 11.8 Å². The number of carboxylic acid groups (broad SMARTS) is 1. The summed E-state index contributed by atoms with van der Waals surface area (Å²) >= 11 is 0. The fraction of sp³-hybridized carbons (Fsp3) is 0.600. The molecular formula is C15H21NO4. The Balaban J connectivity index is 2.24. The lowest BCUT2D eigenvalue weighted by atomic mass is 9.91. The summed E-state index contributed by atoms with van der Waals surface area (Å²) in [6.07, 6.45) is 2.33. The lowest BCUT2D eigenvalue weighted by molar-refractivity contribution is -0.136. The quantitative estimate of drug-likeness (QED) is 0.921. The summed E-state index contributed by atoms with van der Waals surface area (Å²) < 4.78 is 5.24. The summed E-state index contributed by atoms with van der Waals surface area (Å²) in [5.74, 6) is 0.0984. The predicted molar refractivity (Wildman–Crippen MR) is 73.6 cm³/mol. The molecule has 2 unspecified atom stereocenters. The first-order chi connectivity index (χ1) is 9.38. The van der Waals surface area contributed by atoms with Crippen LogP contribution >= 0.6 is 0 Å². The van der Waals surface area contributed by atoms with Crippen molar-refractivity contribution in [2.45, 2.75) is 33.6 Å². The minimum atomic E-state index is -0.992. The fourth-order valence-electron chi connectivity index (χ4n) is 3.04. The minimum Gasteiger partial charge on any atom is -0.481 e. The largest absolute Gasteiger partial charge is 0.481 e. The molecule has 1 aliphatic heterocycles. The number of hydrogen-bond acceptors (Lipinski definition) is 3. The molecule has 20 heavy (non-hydrogen) atoms. The van der Waals surface area contributed by atoms with Gasteiger partial charge in [-0.1, -0.05) is 13.8 Å². The highest BCUT2D eigenvalue weighted by molar-refractivity contribution is 5.97. The second-order valence-corrected chi connectivity index (χ2v) is 5.94. The molecule has 1 amide bonds. The lowest BCUT2D eigenvalue weighted by Crippen LogP contribution is -2.43. The number of amides is 1. The van der Waals surface area contributed by atoms with Crippen LogP contribution in [-0.2, 0) is 11.2 Å². The van der Waals surface area contributed by atoms with E-state index in [0.29, 0.717) is 23.0 Å². The molecule has 5 heteroatoms. The second kappa shape index (κ2) is 5.69. The molecule has 0 bridgehead atoms. The molecule has 2 heterocycles. The number of carbonyl (C=O) groups excluding carboxylic acids is 1. The summed E-state index contributed by atoms with van der Waals surface area (Å²) in [6.45, 7) is 7.49. The van der Waals surface area contributed by atoms with E-state index in [2.05, 4.69) is 13.8 Å². The number of hydrogen-bond donors (Lipinski definition) is 1. The van der Waals surface area contributed by atoms with Crippen LogP contribution in [0.15, 0.2) is 10.7 Å². The smallest absolute Gasteiger partial charge is 0.311 e. The van der Waals surface area contributed by atoms with Gasteiger partial charge in [-0.2, -0.15) is 0 Å². The average Bonchev–Trinajstić information content (AvgIpc) is 2.67. The molecule has 2 atom stereocenters. The van der Waals surface area contributed by atoms with Crippen molar-refractivity contribution >= 4 is 11.9 Å². The van der Waals surface area contributed by atoms with Gasteiger partial charge in [0.2, 0.25) is 0 Å². The van der Waals surface area contributed by atoms with Crippen LogP contribution in [0.1, 0.15) is 41.9 Å². The molecule has 1 aliphatic rings. The van der Waals surface area contributed by atoms with Crippen molar-refractivity contribution in [1.29, 1.82) is 0 Å². The van der Waals surface area contributed by atoms with Gasteiger partial charge in [0, 0.05) is 18.7 Å². The SMILES string of the molecule is Cc1coc(CC(=O)O)c1C(=O)N1CC(C)CC(C)C1. The second-order valence-electron chi connectivity index (χ2n) is 5.94. The fourth-order valence-corrected chi connectivity index (χ4v) is 3.04. The summed E-state index contributed by atoms with van der Waals surface area (Å²) in [5.41, 5.74) is 1.13. The van der Waals surface area contributed by atoms with Crippen LogP contribution < -0.4 is 0 Å². The van der Waals surface area contributed by atoms with Crippen LogP contribution in [0.5, 0.6) is 0 Å². The van der Waals surface area contributed by atoms with Crippen molar-refractivity contribution in [3.05, 3.63) is 23.2 Å². The first-order valence-corrected chi connectivity index (χ1v) is 6.96. The third-order valence-corrected chi connectivity index (χ3v) is 3.73. The van der Waals surface area contributed by atoms with Crippen LogP contribution in [0.2, 0.25) is 0 Å². The Kier molecular flexibility index (Phi) is 4.16. The van der Waals surface area contributed by atoms with Crippen LogP contribution in [0, 0.1) is 18.8 Å². The van der Waals surface area contributed by atoms with E-state index in [1.54, 1.807) is 6.92 Å². The van der Waals surface area contributed by atoms with E-state index in [4.69, 9.17) is 9.52 Å². The van der Waals surface area contributed by atoms with Gasteiger partial charge >= 0.3 is 5.97 Å². The van der Waals surface area contributed by atoms with E-state index in [-0.39, 0.29) is 18.1 Å². The molecule has 2 rings (SSSR count). The molecule has 1 fully saturated rings. The van der Waals surface area contributed by atoms with Crippen LogP contribution in [0.4, 0.5) is 0 Å². The average molecular weight is 279 g/mol. The number of carbonyl (C=O) groups is 2. The number of nitrogens with zero attached hydrogens (tertiary/aromatic N) is 1. The molecule has 1 aromatic rings. The molecule has 0 aromatic carbocycles. The molecule has 0 spiro atoms. The number of aryl methyl sites for hydroxylation is 1. The number of likely N-dealkylation sites (tertiary alicyclic amines) is 1. The monoisotopic (exact) mass is 279 g/mol. The molecular weight excluding hydrogens is 258 g/mol. The number of aliphatic carboxylic acids is 1. The van der Waals surface area contributed by atoms with Gasteiger partial charge < -0.3 is 14.4 Å². The zero-order chi connectivity index (χ0) is 14.9. The number of piperidine rings is 1. The zero-order valence-corrected chi connectivity index (χ0v) is 12.2. The van der Waals surface area contributed by atoms with Crippen molar-refractivity contribution in [3.8, 4) is 0 Å². The Bertz CT molecular complexity index is 510. The van der Waals surface area contributed by atoms with E-state index in [0.717, 1.165) is 19.5 Å². The Morgan fingerprint density at radius 1 is 1.35 bits per heavy atom. The Morgan fingerprint density at radius 3 is 2.50 bits per heavy atom. The maximum atomic E-state index is 12.6. The highest BCUT2D eigenvalue weighted by Crippen LogP contribution is 2.25.